The Hall–Kier alpha value is -2.60. The average Bonchev–Trinajstić information content (AvgIpc) is 3.16. The lowest BCUT2D eigenvalue weighted by molar-refractivity contribution is -0.119. The van der Waals surface area contributed by atoms with E-state index < -0.39 is 0 Å². The molecule has 0 aliphatic rings. The molecule has 5 nitrogen and oxygen atoms in total. The van der Waals surface area contributed by atoms with Crippen LogP contribution in [0.4, 0.5) is 0 Å². The maximum absolute atomic E-state index is 12.4. The highest BCUT2D eigenvalue weighted by molar-refractivity contribution is 7.99. The van der Waals surface area contributed by atoms with E-state index in [2.05, 4.69) is 53.6 Å². The summed E-state index contributed by atoms with van der Waals surface area (Å²) in [6.45, 7) is 6.95. The van der Waals surface area contributed by atoms with Crippen LogP contribution in [0.5, 0.6) is 0 Å². The van der Waals surface area contributed by atoms with Gasteiger partial charge < -0.3 is 9.88 Å². The van der Waals surface area contributed by atoms with Gasteiger partial charge in [0.2, 0.25) is 5.91 Å². The van der Waals surface area contributed by atoms with Gasteiger partial charge in [-0.05, 0) is 31.4 Å². The number of benzene rings is 2. The van der Waals surface area contributed by atoms with Crippen LogP contribution < -0.4 is 5.32 Å². The third-order valence-corrected chi connectivity index (χ3v) is 5.63. The van der Waals surface area contributed by atoms with E-state index in [1.807, 2.05) is 41.8 Å². The van der Waals surface area contributed by atoms with Crippen LogP contribution in [0.15, 0.2) is 59.8 Å². The first-order valence-electron chi connectivity index (χ1n) is 9.62. The number of nitrogens with zero attached hydrogens (tertiary/aromatic N) is 3. The molecular weight excluding hydrogens is 368 g/mol. The van der Waals surface area contributed by atoms with Crippen LogP contribution in [0.1, 0.15) is 37.9 Å². The van der Waals surface area contributed by atoms with Gasteiger partial charge in [-0.25, -0.2) is 0 Å². The number of carbonyl (C=O) groups is 1. The zero-order valence-electron chi connectivity index (χ0n) is 16.6. The van der Waals surface area contributed by atoms with Gasteiger partial charge in [-0.1, -0.05) is 73.3 Å². The molecule has 28 heavy (non-hydrogen) atoms. The number of hydrogen-bond acceptors (Lipinski definition) is 4. The maximum Gasteiger partial charge on any atom is 0.230 e. The van der Waals surface area contributed by atoms with Crippen LogP contribution in [0.3, 0.4) is 0 Å². The Kier molecular flexibility index (Phi) is 6.87. The van der Waals surface area contributed by atoms with Crippen LogP contribution in [-0.2, 0) is 17.8 Å². The molecule has 1 aromatic heterocycles. The molecule has 0 saturated heterocycles. The number of nitrogens with one attached hydrogen (secondary N) is 1. The van der Waals surface area contributed by atoms with E-state index >= 15 is 0 Å². The molecule has 0 spiro atoms. The molecule has 3 rings (SSSR count). The highest BCUT2D eigenvalue weighted by Gasteiger charge is 2.15. The van der Waals surface area contributed by atoms with Crippen LogP contribution >= 0.6 is 11.8 Å². The fourth-order valence-electron chi connectivity index (χ4n) is 3.02. The average molecular weight is 395 g/mol. The van der Waals surface area contributed by atoms with E-state index in [0.29, 0.717) is 5.75 Å². The monoisotopic (exact) mass is 394 g/mol. The van der Waals surface area contributed by atoms with Crippen molar-refractivity contribution in [3.63, 3.8) is 0 Å². The summed E-state index contributed by atoms with van der Waals surface area (Å²) in [6.07, 6.45) is 1.01. The Morgan fingerprint density at radius 3 is 2.43 bits per heavy atom. The summed E-state index contributed by atoms with van der Waals surface area (Å²) in [6, 6.07) is 18.3. The van der Waals surface area contributed by atoms with Crippen molar-refractivity contribution in [1.82, 2.24) is 20.1 Å². The molecule has 0 aliphatic heterocycles. The number of rotatable bonds is 8. The molecule has 0 radical (unpaired) electrons. The SMILES string of the molecule is CCc1ccc([C@H](C)NC(=O)CSc2nnc(-c3ccccc3)n2CC)cc1. The second-order valence-electron chi connectivity index (χ2n) is 6.59. The van der Waals surface area contributed by atoms with Crippen LogP contribution in [0.2, 0.25) is 0 Å². The van der Waals surface area contributed by atoms with Gasteiger partial charge in [-0.3, -0.25) is 4.79 Å². The quantitative estimate of drug-likeness (QED) is 0.572. The molecule has 6 heteroatoms. The van der Waals surface area contributed by atoms with E-state index in [0.717, 1.165) is 35.1 Å². The lowest BCUT2D eigenvalue weighted by Gasteiger charge is -2.14. The molecular formula is C22H26N4OS. The molecule has 1 N–H and O–H groups in total. The van der Waals surface area contributed by atoms with Crippen molar-refractivity contribution >= 4 is 17.7 Å². The zero-order chi connectivity index (χ0) is 19.9. The number of aromatic nitrogens is 3. The Morgan fingerprint density at radius 2 is 1.79 bits per heavy atom. The van der Waals surface area contributed by atoms with Crippen molar-refractivity contribution in [3.8, 4) is 11.4 Å². The summed E-state index contributed by atoms with van der Waals surface area (Å²) < 4.78 is 2.04. The third kappa shape index (κ3) is 4.81. The van der Waals surface area contributed by atoms with E-state index in [1.165, 1.54) is 17.3 Å². The Bertz CT molecular complexity index is 906. The molecule has 0 bridgehead atoms. The minimum atomic E-state index is -0.0251. The molecule has 1 atom stereocenters. The van der Waals surface area contributed by atoms with E-state index in [9.17, 15) is 4.79 Å². The van der Waals surface area contributed by atoms with Crippen molar-refractivity contribution in [2.75, 3.05) is 5.75 Å². The van der Waals surface area contributed by atoms with Crippen LogP contribution in [0, 0.1) is 0 Å². The Balaban J connectivity index is 1.60. The molecule has 0 saturated carbocycles. The Labute approximate surface area is 170 Å². The summed E-state index contributed by atoms with van der Waals surface area (Å²) in [5, 5.41) is 12.4. The lowest BCUT2D eigenvalue weighted by atomic mass is 10.1. The number of hydrogen-bond donors (Lipinski definition) is 1. The highest BCUT2D eigenvalue weighted by Crippen LogP contribution is 2.24. The van der Waals surface area contributed by atoms with Crippen molar-refractivity contribution in [2.45, 2.75) is 44.9 Å². The number of aryl methyl sites for hydroxylation is 1. The molecule has 1 amide bonds. The molecule has 2 aromatic carbocycles. The largest absolute Gasteiger partial charge is 0.349 e. The minimum Gasteiger partial charge on any atom is -0.349 e. The van der Waals surface area contributed by atoms with Gasteiger partial charge in [-0.15, -0.1) is 10.2 Å². The predicted molar refractivity (Wildman–Crippen MR) is 114 cm³/mol. The summed E-state index contributed by atoms with van der Waals surface area (Å²) >= 11 is 1.42. The van der Waals surface area contributed by atoms with Gasteiger partial charge in [0.15, 0.2) is 11.0 Å². The van der Waals surface area contributed by atoms with Crippen LogP contribution in [-0.4, -0.2) is 26.4 Å². The topological polar surface area (TPSA) is 59.8 Å². The Morgan fingerprint density at radius 1 is 1.07 bits per heavy atom. The summed E-state index contributed by atoms with van der Waals surface area (Å²) in [4.78, 5) is 12.4. The molecule has 0 fully saturated rings. The molecule has 1 heterocycles. The predicted octanol–water partition coefficient (Wildman–Crippen LogP) is 4.50. The van der Waals surface area contributed by atoms with Gasteiger partial charge in [0, 0.05) is 12.1 Å². The number of amides is 1. The van der Waals surface area contributed by atoms with Crippen molar-refractivity contribution in [3.05, 3.63) is 65.7 Å². The van der Waals surface area contributed by atoms with Gasteiger partial charge in [0.25, 0.3) is 0 Å². The first-order valence-corrected chi connectivity index (χ1v) is 10.6. The van der Waals surface area contributed by atoms with E-state index in [4.69, 9.17) is 0 Å². The standard InChI is InChI=1S/C22H26N4OS/c1-4-17-11-13-18(14-12-17)16(3)23-20(27)15-28-22-25-24-21(26(22)5-2)19-9-7-6-8-10-19/h6-14,16H,4-5,15H2,1-3H3,(H,23,27)/t16-/m0/s1. The maximum atomic E-state index is 12.4. The van der Waals surface area contributed by atoms with Gasteiger partial charge in [0.1, 0.15) is 0 Å². The number of carbonyl (C=O) groups excluding carboxylic acids is 1. The van der Waals surface area contributed by atoms with Gasteiger partial charge in [0.05, 0.1) is 11.8 Å². The second-order valence-corrected chi connectivity index (χ2v) is 7.53. The van der Waals surface area contributed by atoms with Gasteiger partial charge >= 0.3 is 0 Å². The number of thioether (sulfide) groups is 1. The lowest BCUT2D eigenvalue weighted by Crippen LogP contribution is -2.28. The molecule has 3 aromatic rings. The normalized spacial score (nSPS) is 12.0. The third-order valence-electron chi connectivity index (χ3n) is 4.66. The van der Waals surface area contributed by atoms with Crippen molar-refractivity contribution < 1.29 is 4.79 Å². The first kappa shape index (κ1) is 20.1. The van der Waals surface area contributed by atoms with Gasteiger partial charge in [-0.2, -0.15) is 0 Å². The fourth-order valence-corrected chi connectivity index (χ4v) is 3.83. The smallest absolute Gasteiger partial charge is 0.230 e. The molecule has 0 unspecified atom stereocenters. The minimum absolute atomic E-state index is 0.0102. The van der Waals surface area contributed by atoms with Crippen LogP contribution in [0.25, 0.3) is 11.4 Å². The highest BCUT2D eigenvalue weighted by atomic mass is 32.2. The molecule has 146 valence electrons. The summed E-state index contributed by atoms with van der Waals surface area (Å²) in [5.41, 5.74) is 3.43. The van der Waals surface area contributed by atoms with Crippen molar-refractivity contribution in [2.24, 2.45) is 0 Å². The summed E-state index contributed by atoms with van der Waals surface area (Å²) in [7, 11) is 0. The van der Waals surface area contributed by atoms with E-state index in [-0.39, 0.29) is 11.9 Å². The second kappa shape index (κ2) is 9.55. The zero-order valence-corrected chi connectivity index (χ0v) is 17.4. The van der Waals surface area contributed by atoms with E-state index in [1.54, 1.807) is 0 Å². The van der Waals surface area contributed by atoms with Crippen molar-refractivity contribution in [1.29, 1.82) is 0 Å². The fraction of sp³-hybridized carbons (Fsp3) is 0.318. The molecule has 0 aliphatic carbocycles. The summed E-state index contributed by atoms with van der Waals surface area (Å²) in [5.74, 6) is 1.13. The first-order chi connectivity index (χ1) is 13.6.